The van der Waals surface area contributed by atoms with Gasteiger partial charge in [-0.1, -0.05) is 12.1 Å². The Hall–Kier alpha value is -1.46. The molecule has 2 unspecified atom stereocenters. The molecule has 2 N–H and O–H groups in total. The molecule has 0 spiro atoms. The lowest BCUT2D eigenvalue weighted by atomic mass is 10.1. The molecule has 2 heterocycles. The van der Waals surface area contributed by atoms with Gasteiger partial charge in [0.1, 0.15) is 6.61 Å². The van der Waals surface area contributed by atoms with Gasteiger partial charge in [-0.2, -0.15) is 0 Å². The van der Waals surface area contributed by atoms with Crippen molar-refractivity contribution in [3.8, 4) is 11.5 Å². The summed E-state index contributed by atoms with van der Waals surface area (Å²) in [7, 11) is 0. The second-order valence-corrected chi connectivity index (χ2v) is 4.97. The second-order valence-electron chi connectivity index (χ2n) is 4.97. The zero-order chi connectivity index (χ0) is 13.1. The number of ether oxygens (including phenoxy) is 2. The molecular formula is C14H19ClN2O3. The fraction of sp³-hybridized carbons (Fsp3) is 0.500. The van der Waals surface area contributed by atoms with Gasteiger partial charge in [0.05, 0.1) is 0 Å². The number of nitrogens with one attached hydrogen (secondary N) is 2. The van der Waals surface area contributed by atoms with Gasteiger partial charge in [-0.3, -0.25) is 4.79 Å². The summed E-state index contributed by atoms with van der Waals surface area (Å²) in [6.07, 6.45) is 0.565. The molecule has 1 amide bonds. The van der Waals surface area contributed by atoms with Gasteiger partial charge in [0.15, 0.2) is 11.5 Å². The maximum atomic E-state index is 12.0. The first-order valence-corrected chi connectivity index (χ1v) is 6.70. The van der Waals surface area contributed by atoms with Crippen LogP contribution in [0.3, 0.4) is 0 Å². The van der Waals surface area contributed by atoms with E-state index in [1.807, 2.05) is 24.3 Å². The number of amides is 1. The molecule has 1 aromatic carbocycles. The summed E-state index contributed by atoms with van der Waals surface area (Å²) in [5.74, 6) is 1.77. The lowest BCUT2D eigenvalue weighted by Crippen LogP contribution is -2.45. The zero-order valence-electron chi connectivity index (χ0n) is 11.1. The number of halogens is 1. The second kappa shape index (κ2) is 6.81. The van der Waals surface area contributed by atoms with Crippen LogP contribution in [0.2, 0.25) is 0 Å². The molecule has 3 rings (SSSR count). The molecule has 0 bridgehead atoms. The molecule has 6 heteroatoms. The summed E-state index contributed by atoms with van der Waals surface area (Å²) in [6.45, 7) is 2.99. The van der Waals surface area contributed by atoms with E-state index in [0.717, 1.165) is 19.5 Å². The van der Waals surface area contributed by atoms with Gasteiger partial charge in [0.25, 0.3) is 5.91 Å². The number of carbonyl (C=O) groups is 1. The van der Waals surface area contributed by atoms with Crippen molar-refractivity contribution in [1.82, 2.24) is 10.6 Å². The van der Waals surface area contributed by atoms with Gasteiger partial charge in [-0.15, -0.1) is 12.4 Å². The van der Waals surface area contributed by atoms with E-state index in [2.05, 4.69) is 10.6 Å². The minimum atomic E-state index is -0.552. The Kier molecular flexibility index (Phi) is 5.09. The van der Waals surface area contributed by atoms with Gasteiger partial charge in [0.2, 0.25) is 6.10 Å². The number of rotatable bonds is 3. The van der Waals surface area contributed by atoms with Crippen molar-refractivity contribution < 1.29 is 14.3 Å². The van der Waals surface area contributed by atoms with Gasteiger partial charge < -0.3 is 20.1 Å². The monoisotopic (exact) mass is 298 g/mol. The van der Waals surface area contributed by atoms with E-state index in [1.165, 1.54) is 0 Å². The summed E-state index contributed by atoms with van der Waals surface area (Å²) in [5, 5.41) is 6.22. The summed E-state index contributed by atoms with van der Waals surface area (Å²) < 4.78 is 11.2. The molecule has 110 valence electrons. The Labute approximate surface area is 124 Å². The van der Waals surface area contributed by atoms with Gasteiger partial charge in [0, 0.05) is 6.54 Å². The van der Waals surface area contributed by atoms with E-state index < -0.39 is 6.10 Å². The van der Waals surface area contributed by atoms with Gasteiger partial charge in [-0.05, 0) is 37.6 Å². The number of carbonyl (C=O) groups excluding carboxylic acids is 1. The fourth-order valence-corrected chi connectivity index (χ4v) is 2.40. The maximum absolute atomic E-state index is 12.0. The maximum Gasteiger partial charge on any atom is 0.264 e. The van der Waals surface area contributed by atoms with Crippen LogP contribution < -0.4 is 20.1 Å². The van der Waals surface area contributed by atoms with Crippen LogP contribution in [0.5, 0.6) is 11.5 Å². The molecule has 1 aromatic rings. The molecule has 1 saturated heterocycles. The lowest BCUT2D eigenvalue weighted by Gasteiger charge is -2.25. The summed E-state index contributed by atoms with van der Waals surface area (Å²) in [5.41, 5.74) is 0. The van der Waals surface area contributed by atoms with E-state index in [0.29, 0.717) is 24.0 Å². The third kappa shape index (κ3) is 3.35. The van der Waals surface area contributed by atoms with Crippen LogP contribution in [0.15, 0.2) is 24.3 Å². The average molecular weight is 299 g/mol. The highest BCUT2D eigenvalue weighted by Gasteiger charge is 2.27. The Bertz CT molecular complexity index is 463. The van der Waals surface area contributed by atoms with E-state index >= 15 is 0 Å². The Morgan fingerprint density at radius 1 is 1.35 bits per heavy atom. The molecule has 0 aromatic heterocycles. The van der Waals surface area contributed by atoms with Crippen LogP contribution in [0, 0.1) is 5.92 Å². The number of hydrogen-bond acceptors (Lipinski definition) is 4. The Balaban J connectivity index is 0.00000147. The molecule has 5 nitrogen and oxygen atoms in total. The van der Waals surface area contributed by atoms with Crippen molar-refractivity contribution in [2.45, 2.75) is 12.5 Å². The van der Waals surface area contributed by atoms with Crippen LogP contribution in [0.25, 0.3) is 0 Å². The third-order valence-electron chi connectivity index (χ3n) is 3.53. The molecular weight excluding hydrogens is 280 g/mol. The fourth-order valence-electron chi connectivity index (χ4n) is 2.40. The summed E-state index contributed by atoms with van der Waals surface area (Å²) in [6, 6.07) is 7.41. The third-order valence-corrected chi connectivity index (χ3v) is 3.53. The van der Waals surface area contributed by atoms with Crippen LogP contribution in [0.4, 0.5) is 0 Å². The predicted molar refractivity (Wildman–Crippen MR) is 77.6 cm³/mol. The van der Waals surface area contributed by atoms with Crippen molar-refractivity contribution in [3.05, 3.63) is 24.3 Å². The normalized spacial score (nSPS) is 23.8. The quantitative estimate of drug-likeness (QED) is 0.873. The van der Waals surface area contributed by atoms with Crippen molar-refractivity contribution in [1.29, 1.82) is 0 Å². The average Bonchev–Trinajstić information content (AvgIpc) is 2.97. The highest BCUT2D eigenvalue weighted by Crippen LogP contribution is 2.30. The number of hydrogen-bond donors (Lipinski definition) is 2. The predicted octanol–water partition coefficient (Wildman–Crippen LogP) is 0.974. The van der Waals surface area contributed by atoms with Crippen molar-refractivity contribution >= 4 is 18.3 Å². The minimum absolute atomic E-state index is 0. The molecule has 0 saturated carbocycles. The van der Waals surface area contributed by atoms with Crippen molar-refractivity contribution in [3.63, 3.8) is 0 Å². The first kappa shape index (κ1) is 14.9. The number of benzene rings is 1. The van der Waals surface area contributed by atoms with Crippen molar-refractivity contribution in [2.24, 2.45) is 5.92 Å². The highest BCUT2D eigenvalue weighted by atomic mass is 35.5. The van der Waals surface area contributed by atoms with E-state index in [4.69, 9.17) is 9.47 Å². The molecule has 2 atom stereocenters. The largest absolute Gasteiger partial charge is 0.485 e. The van der Waals surface area contributed by atoms with Crippen LogP contribution in [-0.2, 0) is 4.79 Å². The summed E-state index contributed by atoms with van der Waals surface area (Å²) >= 11 is 0. The smallest absolute Gasteiger partial charge is 0.264 e. The van der Waals surface area contributed by atoms with Crippen molar-refractivity contribution in [2.75, 3.05) is 26.2 Å². The first-order chi connectivity index (χ1) is 9.33. The molecule has 2 aliphatic heterocycles. The van der Waals surface area contributed by atoms with Crippen LogP contribution in [-0.4, -0.2) is 38.3 Å². The Morgan fingerprint density at radius 3 is 2.90 bits per heavy atom. The molecule has 2 aliphatic rings. The van der Waals surface area contributed by atoms with E-state index in [9.17, 15) is 4.79 Å². The number of fused-ring (bicyclic) bond motifs is 1. The highest BCUT2D eigenvalue weighted by molar-refractivity contribution is 5.85. The SMILES string of the molecule is Cl.O=C(NCC1CCNC1)C1COc2ccccc2O1. The van der Waals surface area contributed by atoms with Crippen LogP contribution >= 0.6 is 12.4 Å². The summed E-state index contributed by atoms with van der Waals surface area (Å²) in [4.78, 5) is 12.0. The lowest BCUT2D eigenvalue weighted by molar-refractivity contribution is -0.130. The zero-order valence-corrected chi connectivity index (χ0v) is 11.9. The molecule has 20 heavy (non-hydrogen) atoms. The van der Waals surface area contributed by atoms with E-state index in [-0.39, 0.29) is 24.9 Å². The molecule has 0 radical (unpaired) electrons. The van der Waals surface area contributed by atoms with Crippen LogP contribution in [0.1, 0.15) is 6.42 Å². The first-order valence-electron chi connectivity index (χ1n) is 6.70. The van der Waals surface area contributed by atoms with Gasteiger partial charge >= 0.3 is 0 Å². The number of para-hydroxylation sites is 2. The van der Waals surface area contributed by atoms with Gasteiger partial charge in [-0.25, -0.2) is 0 Å². The topological polar surface area (TPSA) is 59.6 Å². The minimum Gasteiger partial charge on any atom is -0.485 e. The Morgan fingerprint density at radius 2 is 2.15 bits per heavy atom. The molecule has 0 aliphatic carbocycles. The molecule has 1 fully saturated rings. The van der Waals surface area contributed by atoms with E-state index in [1.54, 1.807) is 0 Å². The standard InChI is InChI=1S/C14H18N2O3.ClH/c17-14(16-8-10-5-6-15-7-10)13-9-18-11-3-1-2-4-12(11)19-13;/h1-4,10,13,15H,5-9H2,(H,16,17);1H.